The Morgan fingerprint density at radius 3 is 2.92 bits per heavy atom. The number of nitrogens with one attached hydrogen (secondary N) is 2. The summed E-state index contributed by atoms with van der Waals surface area (Å²) < 4.78 is 28.3. The summed E-state index contributed by atoms with van der Waals surface area (Å²) in [6.07, 6.45) is 0.762. The van der Waals surface area contributed by atoms with Gasteiger partial charge in [0.25, 0.3) is 5.91 Å². The highest BCUT2D eigenvalue weighted by Gasteiger charge is 2.42. The van der Waals surface area contributed by atoms with Crippen LogP contribution in [0.25, 0.3) is 0 Å². The maximum absolute atomic E-state index is 12.3. The molecule has 0 saturated carbocycles. The molecule has 0 unspecified atom stereocenters. The van der Waals surface area contributed by atoms with Crippen molar-refractivity contribution in [3.63, 3.8) is 0 Å². The van der Waals surface area contributed by atoms with Crippen molar-refractivity contribution in [2.45, 2.75) is 24.6 Å². The van der Waals surface area contributed by atoms with Crippen LogP contribution in [0.3, 0.4) is 0 Å². The second-order valence-electron chi connectivity index (χ2n) is 6.49. The lowest BCUT2D eigenvalue weighted by atomic mass is 10.1. The highest BCUT2D eigenvalue weighted by atomic mass is 32.2. The number of thioether (sulfide) groups is 1. The first kappa shape index (κ1) is 19.2. The molecule has 2 N–H and O–H groups in total. The van der Waals surface area contributed by atoms with Crippen molar-refractivity contribution >= 4 is 38.4 Å². The van der Waals surface area contributed by atoms with Crippen LogP contribution in [-0.2, 0) is 14.6 Å². The lowest BCUT2D eigenvalue weighted by molar-refractivity contribution is 0.0948. The van der Waals surface area contributed by atoms with Crippen LogP contribution in [0.15, 0.2) is 23.2 Å². The number of fused-ring (bicyclic) bond motifs is 1. The standard InChI is InChI=1S/C17H23N3O4S2/c1-11-4-5-12(16(21)18-6-3-7-24-2)8-13(11)19-17-20-14-9-26(22,23)10-15(14)25-17/h4-5,8,14-15H,3,6-7,9-10H2,1-2H3,(H,18,21)(H,19,20)/t14-,15-/m0/s1. The summed E-state index contributed by atoms with van der Waals surface area (Å²) in [6, 6.07) is 5.31. The molecule has 0 radical (unpaired) electrons. The van der Waals surface area contributed by atoms with Crippen molar-refractivity contribution in [2.24, 2.45) is 4.99 Å². The molecule has 0 spiro atoms. The van der Waals surface area contributed by atoms with Gasteiger partial charge in [-0.05, 0) is 31.0 Å². The molecule has 2 heterocycles. The number of amides is 1. The van der Waals surface area contributed by atoms with Gasteiger partial charge in [0, 0.05) is 36.8 Å². The molecule has 7 nitrogen and oxygen atoms in total. The number of benzene rings is 1. The Kier molecular flexibility index (Phi) is 5.89. The SMILES string of the molecule is COCCCNC(=O)c1ccc(C)c(NC2=N[C@H]3CS(=O)(=O)C[C@@H]3S2)c1. The third-order valence-electron chi connectivity index (χ3n) is 4.37. The quantitative estimate of drug-likeness (QED) is 0.705. The fourth-order valence-corrected chi connectivity index (χ4v) is 6.62. The summed E-state index contributed by atoms with van der Waals surface area (Å²) in [5.41, 5.74) is 2.37. The average molecular weight is 398 g/mol. The minimum absolute atomic E-state index is 0.00456. The Hall–Kier alpha value is -1.58. The van der Waals surface area contributed by atoms with E-state index in [0.717, 1.165) is 22.8 Å². The van der Waals surface area contributed by atoms with E-state index in [4.69, 9.17) is 4.74 Å². The molecule has 26 heavy (non-hydrogen) atoms. The van der Waals surface area contributed by atoms with E-state index in [2.05, 4.69) is 15.6 Å². The smallest absolute Gasteiger partial charge is 0.251 e. The number of aryl methyl sites for hydroxylation is 1. The van der Waals surface area contributed by atoms with Gasteiger partial charge in [-0.2, -0.15) is 0 Å². The number of hydrogen-bond donors (Lipinski definition) is 2. The summed E-state index contributed by atoms with van der Waals surface area (Å²) in [5.74, 6) is 0.173. The van der Waals surface area contributed by atoms with Gasteiger partial charge < -0.3 is 15.4 Å². The maximum atomic E-state index is 12.3. The predicted octanol–water partition coefficient (Wildman–Crippen LogP) is 1.44. The minimum Gasteiger partial charge on any atom is -0.385 e. The summed E-state index contributed by atoms with van der Waals surface area (Å²) in [4.78, 5) is 16.8. The zero-order valence-electron chi connectivity index (χ0n) is 14.8. The number of amidine groups is 1. The van der Waals surface area contributed by atoms with E-state index in [1.807, 2.05) is 13.0 Å². The Labute approximate surface area is 157 Å². The molecule has 0 bridgehead atoms. The number of carbonyl (C=O) groups excluding carboxylic acids is 1. The molecule has 3 rings (SSSR count). The van der Waals surface area contributed by atoms with Crippen LogP contribution in [0.2, 0.25) is 0 Å². The Morgan fingerprint density at radius 2 is 2.19 bits per heavy atom. The van der Waals surface area contributed by atoms with E-state index in [1.165, 1.54) is 11.8 Å². The first-order valence-electron chi connectivity index (χ1n) is 8.47. The number of nitrogens with zero attached hydrogens (tertiary/aromatic N) is 1. The van der Waals surface area contributed by atoms with Gasteiger partial charge in [-0.25, -0.2) is 8.42 Å². The van der Waals surface area contributed by atoms with Crippen LogP contribution < -0.4 is 10.6 Å². The van der Waals surface area contributed by atoms with Crippen LogP contribution in [-0.4, -0.2) is 62.6 Å². The van der Waals surface area contributed by atoms with Gasteiger partial charge in [0.05, 0.1) is 17.5 Å². The highest BCUT2D eigenvalue weighted by Crippen LogP contribution is 2.35. The number of carbonyl (C=O) groups is 1. The van der Waals surface area contributed by atoms with Gasteiger partial charge >= 0.3 is 0 Å². The zero-order chi connectivity index (χ0) is 18.7. The molecule has 2 aliphatic rings. The van der Waals surface area contributed by atoms with E-state index in [1.54, 1.807) is 19.2 Å². The number of hydrogen-bond acceptors (Lipinski definition) is 7. The third kappa shape index (κ3) is 4.57. The van der Waals surface area contributed by atoms with Crippen molar-refractivity contribution in [1.82, 2.24) is 5.32 Å². The topological polar surface area (TPSA) is 96.9 Å². The fraction of sp³-hybridized carbons (Fsp3) is 0.529. The summed E-state index contributed by atoms with van der Waals surface area (Å²) >= 11 is 1.47. The molecule has 0 aliphatic carbocycles. The highest BCUT2D eigenvalue weighted by molar-refractivity contribution is 8.15. The van der Waals surface area contributed by atoms with Crippen LogP contribution in [0.5, 0.6) is 0 Å². The van der Waals surface area contributed by atoms with Gasteiger partial charge in [0.15, 0.2) is 15.0 Å². The molecular weight excluding hydrogens is 374 g/mol. The summed E-state index contributed by atoms with van der Waals surface area (Å²) in [7, 11) is -1.33. The lowest BCUT2D eigenvalue weighted by Gasteiger charge is -2.12. The van der Waals surface area contributed by atoms with Crippen molar-refractivity contribution in [1.29, 1.82) is 0 Å². The van der Waals surface area contributed by atoms with Gasteiger partial charge in [-0.1, -0.05) is 17.8 Å². The molecule has 1 fully saturated rings. The molecule has 9 heteroatoms. The van der Waals surface area contributed by atoms with Crippen LogP contribution in [0.4, 0.5) is 5.69 Å². The first-order chi connectivity index (χ1) is 12.4. The van der Waals surface area contributed by atoms with Gasteiger partial charge in [0.1, 0.15) is 0 Å². The second kappa shape index (κ2) is 7.98. The van der Waals surface area contributed by atoms with Gasteiger partial charge in [-0.15, -0.1) is 0 Å². The van der Waals surface area contributed by atoms with Gasteiger partial charge in [0.2, 0.25) is 0 Å². The Bertz CT molecular complexity index is 823. The monoisotopic (exact) mass is 397 g/mol. The van der Waals surface area contributed by atoms with E-state index in [9.17, 15) is 13.2 Å². The second-order valence-corrected chi connectivity index (χ2v) is 9.87. The Morgan fingerprint density at radius 1 is 1.38 bits per heavy atom. The van der Waals surface area contributed by atoms with Crippen molar-refractivity contribution in [2.75, 3.05) is 37.1 Å². The number of anilines is 1. The first-order valence-corrected chi connectivity index (χ1v) is 11.2. The van der Waals surface area contributed by atoms with Gasteiger partial charge in [-0.3, -0.25) is 9.79 Å². The molecule has 2 aliphatic heterocycles. The maximum Gasteiger partial charge on any atom is 0.251 e. The number of methoxy groups -OCH3 is 1. The predicted molar refractivity (Wildman–Crippen MR) is 105 cm³/mol. The third-order valence-corrected chi connectivity index (χ3v) is 7.51. The van der Waals surface area contributed by atoms with Crippen LogP contribution >= 0.6 is 11.8 Å². The Balaban J connectivity index is 1.65. The average Bonchev–Trinajstić information content (AvgIpc) is 3.06. The van der Waals surface area contributed by atoms with Crippen LogP contribution in [0, 0.1) is 6.92 Å². The largest absolute Gasteiger partial charge is 0.385 e. The normalized spacial score (nSPS) is 23.4. The molecule has 142 valence electrons. The fourth-order valence-electron chi connectivity index (χ4n) is 2.95. The number of sulfone groups is 1. The summed E-state index contributed by atoms with van der Waals surface area (Å²) in [6.45, 7) is 3.12. The van der Waals surface area contributed by atoms with E-state index < -0.39 is 9.84 Å². The minimum atomic E-state index is -2.96. The van der Waals surface area contributed by atoms with Crippen molar-refractivity contribution in [3.8, 4) is 0 Å². The summed E-state index contributed by atoms with van der Waals surface area (Å²) in [5, 5.41) is 6.84. The number of ether oxygens (including phenoxy) is 1. The molecule has 1 amide bonds. The van der Waals surface area contributed by atoms with E-state index >= 15 is 0 Å². The number of aliphatic imine (C=N–C) groups is 1. The molecule has 2 atom stereocenters. The molecule has 1 aromatic rings. The van der Waals surface area contributed by atoms with E-state index in [-0.39, 0.29) is 28.7 Å². The lowest BCUT2D eigenvalue weighted by Crippen LogP contribution is -2.25. The zero-order valence-corrected chi connectivity index (χ0v) is 16.5. The molecule has 1 aromatic carbocycles. The molecule has 0 aromatic heterocycles. The van der Waals surface area contributed by atoms with Crippen molar-refractivity contribution < 1.29 is 17.9 Å². The molecular formula is C17H23N3O4S2. The van der Waals surface area contributed by atoms with Crippen molar-refractivity contribution in [3.05, 3.63) is 29.3 Å². The van der Waals surface area contributed by atoms with E-state index in [0.29, 0.717) is 18.7 Å². The number of rotatable bonds is 6. The molecule has 1 saturated heterocycles. The van der Waals surface area contributed by atoms with Crippen LogP contribution in [0.1, 0.15) is 22.3 Å².